The maximum absolute atomic E-state index is 2.38. The minimum Gasteiger partial charge on any atom is -1.00 e. The molecule has 1 aliphatic rings. The largest absolute Gasteiger partial charge is 2.00 e. The number of nitrogens with zero attached hydrogens (tertiary/aromatic N) is 2. The first-order valence-corrected chi connectivity index (χ1v) is 8.70. The van der Waals surface area contributed by atoms with Crippen LogP contribution < -0.4 is 24.8 Å². The summed E-state index contributed by atoms with van der Waals surface area (Å²) in [6.45, 7) is 23.3. The van der Waals surface area contributed by atoms with Crippen molar-refractivity contribution in [2.24, 2.45) is 0 Å². The summed E-state index contributed by atoms with van der Waals surface area (Å²) < 4.78 is 0. The van der Waals surface area contributed by atoms with Crippen LogP contribution in [0.3, 0.4) is 0 Å². The van der Waals surface area contributed by atoms with Crippen LogP contribution in [0, 0.1) is 6.67 Å². The summed E-state index contributed by atoms with van der Waals surface area (Å²) in [6, 6.07) is 0. The molecule has 135 valence electrons. The summed E-state index contributed by atoms with van der Waals surface area (Å²) in [7, 11) is -0.0919. The second kappa shape index (κ2) is 9.45. The van der Waals surface area contributed by atoms with Crippen molar-refractivity contribution in [3.8, 4) is 0 Å². The summed E-state index contributed by atoms with van der Waals surface area (Å²) in [5, 5.41) is 0.759. The van der Waals surface area contributed by atoms with Crippen molar-refractivity contribution in [3.05, 3.63) is 19.1 Å². The Morgan fingerprint density at radius 3 is 1.50 bits per heavy atom. The van der Waals surface area contributed by atoms with Crippen LogP contribution in [0.5, 0.6) is 0 Å². The van der Waals surface area contributed by atoms with Crippen LogP contribution in [0.15, 0.2) is 12.4 Å². The molecule has 0 aromatic carbocycles. The Bertz CT molecular complexity index is 335. The van der Waals surface area contributed by atoms with E-state index in [-0.39, 0.29) is 59.2 Å². The van der Waals surface area contributed by atoms with E-state index in [0.29, 0.717) is 10.3 Å². The molecule has 1 aliphatic heterocycles. The fraction of sp³-hybridized carbons (Fsp3) is 0.812. The van der Waals surface area contributed by atoms with Crippen LogP contribution in [0.2, 0.25) is 0 Å². The molecule has 0 bridgehead atoms. The summed E-state index contributed by atoms with van der Waals surface area (Å²) in [4.78, 5) is 4.67. The molecule has 0 amide bonds. The van der Waals surface area contributed by atoms with Crippen LogP contribution in [0.25, 0.3) is 0 Å². The van der Waals surface area contributed by atoms with E-state index < -0.39 is 0 Å². The van der Waals surface area contributed by atoms with Crippen molar-refractivity contribution in [2.75, 3.05) is 6.29 Å². The van der Waals surface area contributed by atoms with Gasteiger partial charge in [0.05, 0.1) is 0 Å². The first-order chi connectivity index (χ1) is 8.32. The van der Waals surface area contributed by atoms with E-state index in [2.05, 4.69) is 91.2 Å². The van der Waals surface area contributed by atoms with Crippen molar-refractivity contribution < 1.29 is 45.7 Å². The zero-order valence-electron chi connectivity index (χ0n) is 15.4. The average Bonchev–Trinajstić information content (AvgIpc) is 2.57. The molecule has 0 aromatic heterocycles. The van der Waals surface area contributed by atoms with Crippen LogP contribution >= 0.6 is 7.92 Å². The van der Waals surface area contributed by atoms with Gasteiger partial charge in [0, 0.05) is 25.7 Å². The molecule has 0 atom stereocenters. The van der Waals surface area contributed by atoms with Gasteiger partial charge in [-0.2, -0.15) is 0 Å². The van der Waals surface area contributed by atoms with E-state index in [1.165, 1.54) is 0 Å². The third kappa shape index (κ3) is 8.18. The van der Waals surface area contributed by atoms with Crippen molar-refractivity contribution in [3.63, 3.8) is 0 Å². The predicted octanol–water partition coefficient (Wildman–Crippen LogP) is -0.719. The van der Waals surface area contributed by atoms with Crippen LogP contribution in [-0.4, -0.2) is 31.9 Å². The van der Waals surface area contributed by atoms with Crippen molar-refractivity contribution in [1.82, 2.24) is 9.80 Å². The van der Waals surface area contributed by atoms with Gasteiger partial charge in [-0.1, -0.05) is 49.5 Å². The van der Waals surface area contributed by atoms with Gasteiger partial charge in [0.2, 0.25) is 0 Å². The van der Waals surface area contributed by atoms with Crippen LogP contribution in [0.1, 0.15) is 63.7 Å². The summed E-state index contributed by atoms with van der Waals surface area (Å²) >= 11 is 0. The molecule has 0 N–H and O–H groups in total. The Balaban J connectivity index is -0.000000451. The topological polar surface area (TPSA) is 6.48 Å². The fourth-order valence-electron chi connectivity index (χ4n) is 2.47. The smallest absolute Gasteiger partial charge is 1.00 e. The summed E-state index contributed by atoms with van der Waals surface area (Å²) in [5.74, 6) is 0. The number of hydrogen-bond acceptors (Lipinski definition) is 2. The van der Waals surface area contributed by atoms with Gasteiger partial charge >= 0.3 is 19.5 Å². The minimum atomic E-state index is -0.0919. The molecular formula is C16H34Cl2N2PRu. The standard InChI is InChI=1S/C16H32N2P.2ClH.Ru.H2/c1-14(2,3)18-11-10-17(12-18)13-19(15(4,5)6)16(7,8)9;;;;/h10-12H,13H2,1-9H3;2*1H;;1H/q;;;+2;/p-2. The predicted molar refractivity (Wildman–Crippen MR) is 90.3 cm³/mol. The Labute approximate surface area is 166 Å². The van der Waals surface area contributed by atoms with Gasteiger partial charge in [0.25, 0.3) is 0 Å². The van der Waals surface area contributed by atoms with Gasteiger partial charge in [0.15, 0.2) is 0 Å². The van der Waals surface area contributed by atoms with Crippen molar-refractivity contribution in [1.29, 1.82) is 0 Å². The Morgan fingerprint density at radius 1 is 0.818 bits per heavy atom. The maximum Gasteiger partial charge on any atom is 2.00 e. The molecule has 22 heavy (non-hydrogen) atoms. The second-order valence-corrected chi connectivity index (χ2v) is 12.2. The SMILES string of the molecule is CC(C)(C)N1[CH]N(CP(C(C)(C)C)C(C)(C)C)C=C1.[Cl-].[Cl-].[HH].[Ru+2]. The van der Waals surface area contributed by atoms with E-state index in [1.54, 1.807) is 0 Å². The first kappa shape index (κ1) is 27.8. The summed E-state index contributed by atoms with van der Waals surface area (Å²) in [6.07, 6.45) is 5.56. The summed E-state index contributed by atoms with van der Waals surface area (Å²) in [5.41, 5.74) is 0.164. The molecular weight excluding hydrogens is 423 g/mol. The molecule has 0 saturated heterocycles. The number of rotatable bonds is 2. The molecule has 1 radical (unpaired) electrons. The van der Waals surface area contributed by atoms with Gasteiger partial charge in [-0.25, -0.2) is 0 Å². The van der Waals surface area contributed by atoms with E-state index in [4.69, 9.17) is 0 Å². The quantitative estimate of drug-likeness (QED) is 0.399. The molecule has 1 heterocycles. The van der Waals surface area contributed by atoms with Gasteiger partial charge in [-0.15, -0.1) is 0 Å². The number of halogens is 2. The van der Waals surface area contributed by atoms with Gasteiger partial charge in [0.1, 0.15) is 6.67 Å². The zero-order chi connectivity index (χ0) is 15.1. The molecule has 6 heteroatoms. The monoisotopic (exact) mass is 457 g/mol. The van der Waals surface area contributed by atoms with Crippen LogP contribution in [-0.2, 0) is 19.5 Å². The number of hydrogen-bond donors (Lipinski definition) is 0. The molecule has 0 aliphatic carbocycles. The molecule has 2 nitrogen and oxygen atoms in total. The Morgan fingerprint density at radius 2 is 1.23 bits per heavy atom. The molecule has 0 spiro atoms. The molecule has 0 saturated carbocycles. The fourth-order valence-corrected chi connectivity index (χ4v) is 5.82. The van der Waals surface area contributed by atoms with Gasteiger partial charge in [-0.3, -0.25) is 0 Å². The van der Waals surface area contributed by atoms with Crippen molar-refractivity contribution >= 4 is 7.92 Å². The van der Waals surface area contributed by atoms with E-state index in [1.807, 2.05) is 0 Å². The molecule has 0 fully saturated rings. The normalized spacial score (nSPS) is 15.4. The van der Waals surface area contributed by atoms with E-state index in [0.717, 1.165) is 6.29 Å². The molecule has 1 rings (SSSR count). The Kier molecular flexibility index (Phi) is 11.9. The maximum atomic E-state index is 2.38. The molecule has 0 unspecified atom stereocenters. The van der Waals surface area contributed by atoms with Gasteiger partial charge < -0.3 is 34.6 Å². The van der Waals surface area contributed by atoms with E-state index in [9.17, 15) is 0 Å². The Hall–Kier alpha value is 0.973. The van der Waals surface area contributed by atoms with Crippen molar-refractivity contribution in [2.45, 2.75) is 78.2 Å². The van der Waals surface area contributed by atoms with Gasteiger partial charge in [-0.05, 0) is 31.1 Å². The minimum absolute atomic E-state index is 0. The molecule has 0 aromatic rings. The average molecular weight is 457 g/mol. The first-order valence-electron chi connectivity index (χ1n) is 7.17. The second-order valence-electron chi connectivity index (χ2n) is 8.42. The third-order valence-corrected chi connectivity index (χ3v) is 7.24. The van der Waals surface area contributed by atoms with E-state index >= 15 is 0 Å². The van der Waals surface area contributed by atoms with Crippen LogP contribution in [0.4, 0.5) is 0 Å². The zero-order valence-corrected chi connectivity index (χ0v) is 19.5. The third-order valence-electron chi connectivity index (χ3n) is 3.39.